The van der Waals surface area contributed by atoms with Gasteiger partial charge in [-0.15, -0.1) is 0 Å². The molecule has 0 spiro atoms. The van der Waals surface area contributed by atoms with E-state index in [0.717, 1.165) is 11.1 Å². The first-order valence-electron chi connectivity index (χ1n) is 12.3. The number of carbonyl (C=O) groups excluding carboxylic acids is 1. The van der Waals surface area contributed by atoms with Crippen molar-refractivity contribution in [1.82, 2.24) is 19.7 Å². The molecule has 0 unspecified atom stereocenters. The van der Waals surface area contributed by atoms with E-state index in [1.54, 1.807) is 27.6 Å². The molecule has 5 rings (SSSR count). The van der Waals surface area contributed by atoms with Crippen LogP contribution in [-0.4, -0.2) is 20.4 Å². The lowest BCUT2D eigenvalue weighted by Crippen LogP contribution is -2.32. The minimum Gasteiger partial charge on any atom is -0.408 e. The summed E-state index contributed by atoms with van der Waals surface area (Å²) in [5, 5.41) is 8.45. The number of fused-ring (bicyclic) bond motifs is 1. The average Bonchev–Trinajstić information content (AvgIpc) is 3.35. The summed E-state index contributed by atoms with van der Waals surface area (Å²) < 4.78 is 9.40. The van der Waals surface area contributed by atoms with Crippen LogP contribution in [-0.2, 0) is 6.54 Å². The van der Waals surface area contributed by atoms with E-state index in [-0.39, 0.29) is 18.1 Å². The second-order valence-corrected chi connectivity index (χ2v) is 8.92. The zero-order valence-electron chi connectivity index (χ0n) is 20.8. The number of carbonyl (C=O) groups is 1. The van der Waals surface area contributed by atoms with Gasteiger partial charge in [-0.25, -0.2) is 4.79 Å². The minimum atomic E-state index is -0.586. The van der Waals surface area contributed by atoms with Gasteiger partial charge >= 0.3 is 6.09 Å². The average molecular weight is 493 g/mol. The van der Waals surface area contributed by atoms with E-state index >= 15 is 0 Å². The molecule has 1 atom stereocenters. The molecule has 7 nitrogen and oxygen atoms in total. The largest absolute Gasteiger partial charge is 0.413 e. The van der Waals surface area contributed by atoms with Gasteiger partial charge in [-0.2, -0.15) is 5.10 Å². The fourth-order valence-corrected chi connectivity index (χ4v) is 4.55. The first-order valence-corrected chi connectivity index (χ1v) is 12.3. The van der Waals surface area contributed by atoms with Gasteiger partial charge in [0, 0.05) is 17.3 Å². The van der Waals surface area contributed by atoms with Crippen LogP contribution < -0.4 is 15.6 Å². The van der Waals surface area contributed by atoms with Crippen molar-refractivity contribution in [2.45, 2.75) is 32.9 Å². The predicted molar refractivity (Wildman–Crippen MR) is 144 cm³/mol. The quantitative estimate of drug-likeness (QED) is 0.312. The molecule has 186 valence electrons. The van der Waals surface area contributed by atoms with Gasteiger partial charge in [-0.1, -0.05) is 73.7 Å². The fourth-order valence-electron chi connectivity index (χ4n) is 4.55. The Bertz CT molecular complexity index is 1590. The van der Waals surface area contributed by atoms with E-state index in [1.807, 2.05) is 92.8 Å². The summed E-state index contributed by atoms with van der Waals surface area (Å²) in [4.78, 5) is 27.1. The first kappa shape index (κ1) is 24.1. The molecule has 2 aromatic heterocycles. The number of nitrogens with one attached hydrogen (secondary N) is 1. The van der Waals surface area contributed by atoms with Crippen molar-refractivity contribution < 1.29 is 9.53 Å². The summed E-state index contributed by atoms with van der Waals surface area (Å²) in [7, 11) is 0. The van der Waals surface area contributed by atoms with Crippen molar-refractivity contribution in [1.29, 1.82) is 0 Å². The van der Waals surface area contributed by atoms with Crippen LogP contribution in [0, 0.1) is 6.92 Å². The van der Waals surface area contributed by atoms with Gasteiger partial charge in [0.1, 0.15) is 0 Å². The van der Waals surface area contributed by atoms with Crippen molar-refractivity contribution >= 4 is 16.9 Å². The fraction of sp³-hybridized carbons (Fsp3) is 0.167. The van der Waals surface area contributed by atoms with Gasteiger partial charge in [0.2, 0.25) is 0 Å². The second kappa shape index (κ2) is 10.5. The van der Waals surface area contributed by atoms with Crippen LogP contribution in [0.4, 0.5) is 4.79 Å². The highest BCUT2D eigenvalue weighted by atomic mass is 16.6. The number of ether oxygens (including phenoxy) is 1. The van der Waals surface area contributed by atoms with Crippen LogP contribution >= 0.6 is 0 Å². The van der Waals surface area contributed by atoms with Gasteiger partial charge in [0.05, 0.1) is 29.9 Å². The van der Waals surface area contributed by atoms with Gasteiger partial charge < -0.3 is 10.1 Å². The van der Waals surface area contributed by atoms with Gasteiger partial charge in [0.15, 0.2) is 5.75 Å². The van der Waals surface area contributed by atoms with E-state index in [0.29, 0.717) is 34.3 Å². The lowest BCUT2D eigenvalue weighted by atomic mass is 10.1. The smallest absolute Gasteiger partial charge is 0.408 e. The van der Waals surface area contributed by atoms with Crippen molar-refractivity contribution in [2.75, 3.05) is 0 Å². The van der Waals surface area contributed by atoms with Crippen LogP contribution in [0.2, 0.25) is 0 Å². The second-order valence-electron chi connectivity index (χ2n) is 8.92. The molecule has 1 amide bonds. The third-order valence-electron chi connectivity index (χ3n) is 6.32. The van der Waals surface area contributed by atoms with Crippen molar-refractivity contribution in [3.05, 3.63) is 124 Å². The SMILES string of the molecule is CC[C@H](NC(=O)Oc1c(Cn2cc(C)cn2)n(-c2ccccc2)c(=O)c2ccccc12)c1ccccc1. The highest BCUT2D eigenvalue weighted by Crippen LogP contribution is 2.31. The molecule has 0 radical (unpaired) electrons. The third kappa shape index (κ3) is 5.02. The van der Waals surface area contributed by atoms with E-state index in [2.05, 4.69) is 10.4 Å². The van der Waals surface area contributed by atoms with Gasteiger partial charge in [0.25, 0.3) is 5.56 Å². The topological polar surface area (TPSA) is 78.2 Å². The Hall–Kier alpha value is -4.65. The number of pyridine rings is 1. The number of nitrogens with zero attached hydrogens (tertiary/aromatic N) is 3. The molecular formula is C30H28N4O3. The van der Waals surface area contributed by atoms with Gasteiger partial charge in [-0.3, -0.25) is 14.0 Å². The molecule has 3 aromatic carbocycles. The minimum absolute atomic E-state index is 0.191. The van der Waals surface area contributed by atoms with Crippen LogP contribution in [0.3, 0.4) is 0 Å². The Kier molecular flexibility index (Phi) is 6.85. The highest BCUT2D eigenvalue weighted by molar-refractivity contribution is 5.91. The number of amides is 1. The van der Waals surface area contributed by atoms with Crippen molar-refractivity contribution in [3.63, 3.8) is 0 Å². The molecule has 0 saturated carbocycles. The first-order chi connectivity index (χ1) is 18.0. The molecule has 2 heterocycles. The summed E-state index contributed by atoms with van der Waals surface area (Å²) in [5.74, 6) is 0.327. The van der Waals surface area contributed by atoms with E-state index < -0.39 is 6.09 Å². The Balaban J connectivity index is 1.65. The number of hydrogen-bond donors (Lipinski definition) is 1. The summed E-state index contributed by atoms with van der Waals surface area (Å²) in [6.07, 6.45) is 3.76. The zero-order valence-corrected chi connectivity index (χ0v) is 20.8. The molecule has 1 N–H and O–H groups in total. The Labute approximate surface area is 214 Å². The molecule has 7 heteroatoms. The number of aryl methyl sites for hydroxylation is 1. The van der Waals surface area contributed by atoms with E-state index in [1.165, 1.54) is 0 Å². The number of aromatic nitrogens is 3. The lowest BCUT2D eigenvalue weighted by Gasteiger charge is -2.21. The Morgan fingerprint density at radius 1 is 0.946 bits per heavy atom. The summed E-state index contributed by atoms with van der Waals surface area (Å²) in [6.45, 7) is 4.20. The predicted octanol–water partition coefficient (Wildman–Crippen LogP) is 5.78. The van der Waals surface area contributed by atoms with E-state index in [4.69, 9.17) is 4.74 Å². The molecule has 37 heavy (non-hydrogen) atoms. The normalized spacial score (nSPS) is 11.8. The third-order valence-corrected chi connectivity index (χ3v) is 6.32. The monoisotopic (exact) mass is 492 g/mol. The molecule has 0 saturated heterocycles. The van der Waals surface area contributed by atoms with Gasteiger partial charge in [-0.05, 0) is 42.7 Å². The van der Waals surface area contributed by atoms with E-state index in [9.17, 15) is 9.59 Å². The maximum atomic E-state index is 13.8. The summed E-state index contributed by atoms with van der Waals surface area (Å²) in [5.41, 5.74) is 3.00. The molecule has 0 fully saturated rings. The number of rotatable bonds is 7. The molecule has 0 aliphatic rings. The van der Waals surface area contributed by atoms with Crippen molar-refractivity contribution in [3.8, 4) is 11.4 Å². The van der Waals surface area contributed by atoms with Crippen LogP contribution in [0.1, 0.15) is 36.2 Å². The van der Waals surface area contributed by atoms with Crippen LogP contribution in [0.15, 0.2) is 102 Å². The highest BCUT2D eigenvalue weighted by Gasteiger charge is 2.23. The number of hydrogen-bond acceptors (Lipinski definition) is 4. The number of benzene rings is 3. The zero-order chi connectivity index (χ0) is 25.8. The molecular weight excluding hydrogens is 464 g/mol. The molecule has 0 bridgehead atoms. The summed E-state index contributed by atoms with van der Waals surface area (Å²) in [6, 6.07) is 26.1. The maximum absolute atomic E-state index is 13.8. The summed E-state index contributed by atoms with van der Waals surface area (Å²) >= 11 is 0. The standard InChI is InChI=1S/C30H28N4O3/c1-3-26(22-12-6-4-7-13-22)32-30(36)37-28-24-16-10-11-17-25(24)29(35)34(23-14-8-5-9-15-23)27(28)20-33-19-21(2)18-31-33/h4-19,26H,3,20H2,1-2H3,(H,32,36)/t26-/m0/s1. The molecule has 0 aliphatic heterocycles. The van der Waals surface area contributed by atoms with Crippen LogP contribution in [0.25, 0.3) is 16.5 Å². The maximum Gasteiger partial charge on any atom is 0.413 e. The molecule has 0 aliphatic carbocycles. The van der Waals surface area contributed by atoms with Crippen LogP contribution in [0.5, 0.6) is 5.75 Å². The molecule has 5 aromatic rings. The lowest BCUT2D eigenvalue weighted by molar-refractivity contribution is 0.195. The Morgan fingerprint density at radius 2 is 1.59 bits per heavy atom. The van der Waals surface area contributed by atoms with Crippen molar-refractivity contribution in [2.24, 2.45) is 0 Å². The number of para-hydroxylation sites is 1. The Morgan fingerprint density at radius 3 is 2.24 bits per heavy atom.